The van der Waals surface area contributed by atoms with Gasteiger partial charge < -0.3 is 4.79 Å². The van der Waals surface area contributed by atoms with Crippen molar-refractivity contribution in [2.75, 3.05) is 0 Å². The summed E-state index contributed by atoms with van der Waals surface area (Å²) < 4.78 is 0. The summed E-state index contributed by atoms with van der Waals surface area (Å²) in [6.45, 7) is 10.0. The van der Waals surface area contributed by atoms with Crippen LogP contribution in [0.4, 0.5) is 5.69 Å². The Kier molecular flexibility index (Phi) is 5.26. The van der Waals surface area contributed by atoms with Crippen molar-refractivity contribution in [1.29, 1.82) is 0 Å². The van der Waals surface area contributed by atoms with Crippen LogP contribution in [0.2, 0.25) is 0 Å². The van der Waals surface area contributed by atoms with E-state index in [0.29, 0.717) is 6.42 Å². The molecular weight excluding hydrogens is 222 g/mol. The van der Waals surface area contributed by atoms with Crippen LogP contribution < -0.4 is 0 Å². The van der Waals surface area contributed by atoms with Gasteiger partial charge in [0, 0.05) is 12.1 Å². The summed E-state index contributed by atoms with van der Waals surface area (Å²) in [5.41, 5.74) is 5.87. The van der Waals surface area contributed by atoms with Crippen LogP contribution in [0.3, 0.4) is 0 Å². The zero-order valence-corrected chi connectivity index (χ0v) is 12.1. The Hall–Kier alpha value is -1.44. The third-order valence-corrected chi connectivity index (χ3v) is 3.08. The molecule has 98 valence electrons. The molecule has 0 bridgehead atoms. The molecule has 0 fully saturated rings. The molecule has 0 amide bonds. The van der Waals surface area contributed by atoms with Gasteiger partial charge in [0.05, 0.1) is 5.69 Å². The van der Waals surface area contributed by atoms with Crippen molar-refractivity contribution >= 4 is 17.2 Å². The Balaban J connectivity index is 3.02. The predicted molar refractivity (Wildman–Crippen MR) is 78.0 cm³/mol. The second kappa shape index (κ2) is 6.48. The molecule has 0 aliphatic heterocycles. The monoisotopic (exact) mass is 245 g/mol. The van der Waals surface area contributed by atoms with Crippen LogP contribution in [0.5, 0.6) is 0 Å². The van der Waals surface area contributed by atoms with Crippen LogP contribution in [-0.4, -0.2) is 11.5 Å². The fourth-order valence-electron chi connectivity index (χ4n) is 2.14. The van der Waals surface area contributed by atoms with Crippen molar-refractivity contribution in [3.63, 3.8) is 0 Å². The Bertz CT molecular complexity index is 449. The summed E-state index contributed by atoms with van der Waals surface area (Å²) in [4.78, 5) is 15.8. The maximum absolute atomic E-state index is 11.0. The molecule has 0 spiro atoms. The minimum absolute atomic E-state index is 0.230. The summed E-state index contributed by atoms with van der Waals surface area (Å²) in [5, 5.41) is 0. The van der Waals surface area contributed by atoms with Gasteiger partial charge in [0.15, 0.2) is 0 Å². The van der Waals surface area contributed by atoms with Crippen LogP contribution in [0.25, 0.3) is 0 Å². The van der Waals surface area contributed by atoms with Gasteiger partial charge in [-0.3, -0.25) is 4.99 Å². The standard InChI is InChI=1S/C16H23NO/c1-6-15(8-7-14(5)18)17-16-12(3)9-11(2)10-13(16)4/h9-10H,6-8H2,1-5H3/b17-15-. The van der Waals surface area contributed by atoms with Crippen molar-refractivity contribution in [3.8, 4) is 0 Å². The minimum Gasteiger partial charge on any atom is -0.300 e. The van der Waals surface area contributed by atoms with E-state index in [9.17, 15) is 4.79 Å². The van der Waals surface area contributed by atoms with Gasteiger partial charge in [-0.2, -0.15) is 0 Å². The van der Waals surface area contributed by atoms with Crippen molar-refractivity contribution in [3.05, 3.63) is 28.8 Å². The molecule has 0 unspecified atom stereocenters. The zero-order valence-electron chi connectivity index (χ0n) is 12.1. The molecule has 2 heteroatoms. The summed E-state index contributed by atoms with van der Waals surface area (Å²) >= 11 is 0. The van der Waals surface area contributed by atoms with Gasteiger partial charge in [-0.1, -0.05) is 24.6 Å². The third-order valence-electron chi connectivity index (χ3n) is 3.08. The SMILES string of the molecule is CC/C(CCC(C)=O)=N/c1c(C)cc(C)cc1C. The number of benzene rings is 1. The fraction of sp³-hybridized carbons (Fsp3) is 0.500. The number of Topliss-reactive ketones (excluding diaryl/α,β-unsaturated/α-hetero) is 1. The molecule has 0 aromatic heterocycles. The molecule has 0 aliphatic rings. The number of nitrogens with zero attached hydrogens (tertiary/aromatic N) is 1. The second-order valence-electron chi connectivity index (χ2n) is 4.98. The van der Waals surface area contributed by atoms with Crippen molar-refractivity contribution < 1.29 is 4.79 Å². The number of hydrogen-bond acceptors (Lipinski definition) is 2. The van der Waals surface area contributed by atoms with E-state index in [-0.39, 0.29) is 5.78 Å². The molecule has 1 rings (SSSR count). The highest BCUT2D eigenvalue weighted by Crippen LogP contribution is 2.26. The molecule has 1 aromatic carbocycles. The molecule has 2 nitrogen and oxygen atoms in total. The van der Waals surface area contributed by atoms with E-state index in [2.05, 4.69) is 39.8 Å². The molecular formula is C16H23NO. The number of aryl methyl sites for hydroxylation is 3. The van der Waals surface area contributed by atoms with E-state index in [0.717, 1.165) is 24.2 Å². The Labute approximate surface area is 110 Å². The molecule has 0 radical (unpaired) electrons. The highest BCUT2D eigenvalue weighted by molar-refractivity contribution is 5.90. The molecule has 0 aliphatic carbocycles. The van der Waals surface area contributed by atoms with Crippen molar-refractivity contribution in [2.45, 2.75) is 53.9 Å². The number of carbonyl (C=O) groups excluding carboxylic acids is 1. The highest BCUT2D eigenvalue weighted by atomic mass is 16.1. The molecule has 0 atom stereocenters. The highest BCUT2D eigenvalue weighted by Gasteiger charge is 2.05. The quantitative estimate of drug-likeness (QED) is 0.704. The predicted octanol–water partition coefficient (Wildman–Crippen LogP) is 4.46. The number of ketones is 1. The van der Waals surface area contributed by atoms with Gasteiger partial charge in [0.2, 0.25) is 0 Å². The molecule has 0 N–H and O–H groups in total. The van der Waals surface area contributed by atoms with Gasteiger partial charge in [0.25, 0.3) is 0 Å². The largest absolute Gasteiger partial charge is 0.300 e. The lowest BCUT2D eigenvalue weighted by Crippen LogP contribution is -2.00. The minimum atomic E-state index is 0.230. The lowest BCUT2D eigenvalue weighted by Gasteiger charge is -2.09. The van der Waals surface area contributed by atoms with Gasteiger partial charge >= 0.3 is 0 Å². The average Bonchev–Trinajstić information content (AvgIpc) is 2.26. The Morgan fingerprint density at radius 3 is 2.11 bits per heavy atom. The van der Waals surface area contributed by atoms with Crippen LogP contribution in [0, 0.1) is 20.8 Å². The van der Waals surface area contributed by atoms with Crippen molar-refractivity contribution in [1.82, 2.24) is 0 Å². The van der Waals surface area contributed by atoms with Gasteiger partial charge in [-0.05, 0) is 51.7 Å². The first-order valence-corrected chi connectivity index (χ1v) is 6.57. The first kappa shape index (κ1) is 14.6. The van der Waals surface area contributed by atoms with Gasteiger partial charge in [-0.25, -0.2) is 0 Å². The normalized spacial score (nSPS) is 11.7. The lowest BCUT2D eigenvalue weighted by molar-refractivity contribution is -0.116. The summed E-state index contributed by atoms with van der Waals surface area (Å²) in [5.74, 6) is 0.230. The van der Waals surface area contributed by atoms with E-state index >= 15 is 0 Å². The molecule has 0 saturated heterocycles. The van der Waals surface area contributed by atoms with E-state index < -0.39 is 0 Å². The van der Waals surface area contributed by atoms with E-state index in [4.69, 9.17) is 4.99 Å². The van der Waals surface area contributed by atoms with Gasteiger partial charge in [0.1, 0.15) is 5.78 Å². The average molecular weight is 245 g/mol. The Morgan fingerprint density at radius 2 is 1.67 bits per heavy atom. The maximum Gasteiger partial charge on any atom is 0.130 e. The topological polar surface area (TPSA) is 29.4 Å². The maximum atomic E-state index is 11.0. The van der Waals surface area contributed by atoms with Gasteiger partial charge in [-0.15, -0.1) is 0 Å². The van der Waals surface area contributed by atoms with E-state index in [1.54, 1.807) is 6.92 Å². The van der Waals surface area contributed by atoms with E-state index in [1.165, 1.54) is 16.7 Å². The first-order valence-electron chi connectivity index (χ1n) is 6.57. The van der Waals surface area contributed by atoms with Crippen molar-refractivity contribution in [2.24, 2.45) is 4.99 Å². The fourth-order valence-corrected chi connectivity index (χ4v) is 2.14. The van der Waals surface area contributed by atoms with Crippen LogP contribution in [0.1, 0.15) is 49.8 Å². The number of carbonyl (C=O) groups is 1. The van der Waals surface area contributed by atoms with Crippen LogP contribution in [-0.2, 0) is 4.79 Å². The summed E-state index contributed by atoms with van der Waals surface area (Å²) in [7, 11) is 0. The zero-order chi connectivity index (χ0) is 13.7. The second-order valence-corrected chi connectivity index (χ2v) is 4.98. The number of hydrogen-bond donors (Lipinski definition) is 0. The first-order chi connectivity index (χ1) is 8.43. The molecule has 0 saturated carbocycles. The van der Waals surface area contributed by atoms with Crippen LogP contribution in [0.15, 0.2) is 17.1 Å². The number of rotatable bonds is 5. The lowest BCUT2D eigenvalue weighted by atomic mass is 10.0. The summed E-state index contributed by atoms with van der Waals surface area (Å²) in [6.07, 6.45) is 2.27. The summed E-state index contributed by atoms with van der Waals surface area (Å²) in [6, 6.07) is 4.31. The molecule has 0 heterocycles. The Morgan fingerprint density at radius 1 is 1.11 bits per heavy atom. The van der Waals surface area contributed by atoms with E-state index in [1.807, 2.05) is 0 Å². The van der Waals surface area contributed by atoms with Crippen LogP contribution >= 0.6 is 0 Å². The smallest absolute Gasteiger partial charge is 0.130 e. The molecule has 1 aromatic rings. The number of aliphatic imine (C=N–C) groups is 1. The molecule has 18 heavy (non-hydrogen) atoms. The third kappa shape index (κ3) is 4.10.